The molecule has 0 aromatic rings. The van der Waals surface area contributed by atoms with Gasteiger partial charge in [0.1, 0.15) is 0 Å². The number of nitrogens with one attached hydrogen (secondary N) is 2. The van der Waals surface area contributed by atoms with Crippen molar-refractivity contribution in [1.82, 2.24) is 15.5 Å². The Morgan fingerprint density at radius 1 is 1.07 bits per heavy atom. The van der Waals surface area contributed by atoms with Crippen LogP contribution >= 0.6 is 0 Å². The highest BCUT2D eigenvalue weighted by atomic mass is 16.5. The quantitative estimate of drug-likeness (QED) is 0.336. The minimum atomic E-state index is 0.248. The zero-order valence-corrected chi connectivity index (χ0v) is 18.2. The second-order valence-electron chi connectivity index (χ2n) is 7.56. The molecule has 2 atom stereocenters. The van der Waals surface area contributed by atoms with Crippen molar-refractivity contribution in [3.63, 3.8) is 0 Å². The molecular weight excluding hydrogens is 340 g/mol. The van der Waals surface area contributed by atoms with E-state index in [2.05, 4.69) is 43.2 Å². The molecule has 1 heterocycles. The van der Waals surface area contributed by atoms with E-state index in [1.54, 1.807) is 0 Å². The predicted octanol–water partition coefficient (Wildman–Crippen LogP) is 2.48. The molecule has 1 rings (SSSR count). The zero-order valence-electron chi connectivity index (χ0n) is 18.2. The maximum atomic E-state index is 9.27. The summed E-state index contributed by atoms with van der Waals surface area (Å²) < 4.78 is 5.55. The molecule has 0 bridgehead atoms. The van der Waals surface area contributed by atoms with Crippen LogP contribution in [0.3, 0.4) is 0 Å². The van der Waals surface area contributed by atoms with Gasteiger partial charge in [0.2, 0.25) is 0 Å². The Morgan fingerprint density at radius 2 is 1.78 bits per heavy atom. The molecule has 0 radical (unpaired) electrons. The Morgan fingerprint density at radius 3 is 2.33 bits per heavy atom. The summed E-state index contributed by atoms with van der Waals surface area (Å²) in [6.45, 7) is 15.4. The summed E-state index contributed by atoms with van der Waals surface area (Å²) in [6, 6.07) is 0.511. The third kappa shape index (κ3) is 9.26. The largest absolute Gasteiger partial charge is 0.396 e. The minimum Gasteiger partial charge on any atom is -0.396 e. The van der Waals surface area contributed by atoms with Gasteiger partial charge in [-0.1, -0.05) is 40.0 Å². The molecule has 160 valence electrons. The Labute approximate surface area is 167 Å². The second-order valence-corrected chi connectivity index (χ2v) is 7.56. The fourth-order valence-corrected chi connectivity index (χ4v) is 4.02. The summed E-state index contributed by atoms with van der Waals surface area (Å²) in [4.78, 5) is 7.41. The fourth-order valence-electron chi connectivity index (χ4n) is 4.02. The maximum absolute atomic E-state index is 9.27. The average Bonchev–Trinajstić information content (AvgIpc) is 2.70. The summed E-state index contributed by atoms with van der Waals surface area (Å²) in [5, 5.41) is 16.3. The first kappa shape index (κ1) is 24.2. The molecule has 0 aliphatic carbocycles. The third-order valence-electron chi connectivity index (χ3n) is 5.67. The lowest BCUT2D eigenvalue weighted by molar-refractivity contribution is 0.00272. The van der Waals surface area contributed by atoms with Crippen molar-refractivity contribution >= 4 is 5.96 Å². The summed E-state index contributed by atoms with van der Waals surface area (Å²) in [6.07, 6.45) is 5.48. The minimum absolute atomic E-state index is 0.248. The lowest BCUT2D eigenvalue weighted by atomic mass is 9.92. The first-order valence-electron chi connectivity index (χ1n) is 11.1. The summed E-state index contributed by atoms with van der Waals surface area (Å²) in [5.41, 5.74) is 0. The first-order valence-corrected chi connectivity index (χ1v) is 11.1. The lowest BCUT2D eigenvalue weighted by Gasteiger charge is -2.39. The SMILES string of the molecule is CCCC(CCO)CN=C(NCC)NCC(C(CC)CC)N1CCOCC1. The topological polar surface area (TPSA) is 69.1 Å². The van der Waals surface area contributed by atoms with E-state index in [0.29, 0.717) is 17.9 Å². The highest BCUT2D eigenvalue weighted by Crippen LogP contribution is 2.19. The van der Waals surface area contributed by atoms with Crippen molar-refractivity contribution in [2.75, 3.05) is 52.5 Å². The second kappa shape index (κ2) is 15.1. The third-order valence-corrected chi connectivity index (χ3v) is 5.67. The van der Waals surface area contributed by atoms with E-state index in [1.807, 2.05) is 0 Å². The smallest absolute Gasteiger partial charge is 0.191 e. The van der Waals surface area contributed by atoms with Gasteiger partial charge in [0, 0.05) is 45.4 Å². The number of aliphatic hydroxyl groups excluding tert-OH is 1. The molecule has 6 heteroatoms. The van der Waals surface area contributed by atoms with Crippen LogP contribution in [-0.2, 0) is 4.74 Å². The summed E-state index contributed by atoms with van der Waals surface area (Å²) in [7, 11) is 0. The normalized spacial score (nSPS) is 18.5. The van der Waals surface area contributed by atoms with Gasteiger partial charge >= 0.3 is 0 Å². The molecule has 0 spiro atoms. The highest BCUT2D eigenvalue weighted by molar-refractivity contribution is 5.79. The molecule has 0 saturated carbocycles. The van der Waals surface area contributed by atoms with Gasteiger partial charge < -0.3 is 20.5 Å². The van der Waals surface area contributed by atoms with Crippen molar-refractivity contribution < 1.29 is 9.84 Å². The van der Waals surface area contributed by atoms with Crippen LogP contribution in [0.5, 0.6) is 0 Å². The van der Waals surface area contributed by atoms with Gasteiger partial charge in [-0.05, 0) is 31.6 Å². The summed E-state index contributed by atoms with van der Waals surface area (Å²) >= 11 is 0. The van der Waals surface area contributed by atoms with Crippen molar-refractivity contribution in [3.05, 3.63) is 0 Å². The average molecular weight is 385 g/mol. The van der Waals surface area contributed by atoms with Gasteiger partial charge in [-0.15, -0.1) is 0 Å². The number of morpholine rings is 1. The van der Waals surface area contributed by atoms with E-state index in [9.17, 15) is 5.11 Å². The Hall–Kier alpha value is -0.850. The van der Waals surface area contributed by atoms with Crippen molar-refractivity contribution in [1.29, 1.82) is 0 Å². The van der Waals surface area contributed by atoms with Crippen molar-refractivity contribution in [2.24, 2.45) is 16.8 Å². The van der Waals surface area contributed by atoms with Gasteiger partial charge in [0.15, 0.2) is 5.96 Å². The van der Waals surface area contributed by atoms with Crippen LogP contribution < -0.4 is 10.6 Å². The lowest BCUT2D eigenvalue weighted by Crippen LogP contribution is -2.53. The highest BCUT2D eigenvalue weighted by Gasteiger charge is 2.27. The van der Waals surface area contributed by atoms with Crippen LogP contribution in [0.25, 0.3) is 0 Å². The van der Waals surface area contributed by atoms with Gasteiger partial charge in [-0.25, -0.2) is 0 Å². The van der Waals surface area contributed by atoms with E-state index in [1.165, 1.54) is 12.8 Å². The Kier molecular flexibility index (Phi) is 13.5. The zero-order chi connectivity index (χ0) is 19.9. The number of nitrogens with zero attached hydrogens (tertiary/aromatic N) is 2. The maximum Gasteiger partial charge on any atom is 0.191 e. The number of ether oxygens (including phenoxy) is 1. The molecule has 0 aromatic carbocycles. The van der Waals surface area contributed by atoms with Crippen molar-refractivity contribution in [2.45, 2.75) is 65.8 Å². The first-order chi connectivity index (χ1) is 13.2. The number of hydrogen-bond acceptors (Lipinski definition) is 4. The molecule has 3 N–H and O–H groups in total. The number of aliphatic imine (C=N–C) groups is 1. The molecule has 2 unspecified atom stereocenters. The van der Waals surface area contributed by atoms with E-state index in [4.69, 9.17) is 9.73 Å². The van der Waals surface area contributed by atoms with Crippen LogP contribution in [0, 0.1) is 11.8 Å². The molecule has 1 fully saturated rings. The molecule has 27 heavy (non-hydrogen) atoms. The van der Waals surface area contributed by atoms with E-state index in [-0.39, 0.29) is 6.61 Å². The standard InChI is InChI=1S/C21H44N4O2/c1-5-9-18(10-13-26)16-23-21(22-8-4)24-17-20(19(6-2)7-3)25-11-14-27-15-12-25/h18-20,26H,5-17H2,1-4H3,(H2,22,23,24). The van der Waals surface area contributed by atoms with Gasteiger partial charge in [-0.3, -0.25) is 9.89 Å². The van der Waals surface area contributed by atoms with Crippen LogP contribution in [0.2, 0.25) is 0 Å². The molecule has 1 aliphatic rings. The molecule has 1 aliphatic heterocycles. The van der Waals surface area contributed by atoms with Crippen LogP contribution in [-0.4, -0.2) is 74.6 Å². The monoisotopic (exact) mass is 384 g/mol. The Bertz CT molecular complexity index is 376. The number of hydrogen-bond donors (Lipinski definition) is 3. The predicted molar refractivity (Wildman–Crippen MR) is 114 cm³/mol. The molecule has 6 nitrogen and oxygen atoms in total. The van der Waals surface area contributed by atoms with Gasteiger partial charge in [0.05, 0.1) is 13.2 Å². The van der Waals surface area contributed by atoms with E-state index >= 15 is 0 Å². The number of guanidine groups is 1. The fraction of sp³-hybridized carbons (Fsp3) is 0.952. The summed E-state index contributed by atoms with van der Waals surface area (Å²) in [5.74, 6) is 2.05. The molecule has 0 aromatic heterocycles. The molecular formula is C21H44N4O2. The number of aliphatic hydroxyl groups is 1. The van der Waals surface area contributed by atoms with Crippen LogP contribution in [0.4, 0.5) is 0 Å². The Balaban J connectivity index is 2.71. The van der Waals surface area contributed by atoms with E-state index < -0.39 is 0 Å². The van der Waals surface area contributed by atoms with E-state index in [0.717, 1.165) is 71.2 Å². The van der Waals surface area contributed by atoms with Crippen LogP contribution in [0.1, 0.15) is 59.8 Å². The van der Waals surface area contributed by atoms with Crippen LogP contribution in [0.15, 0.2) is 4.99 Å². The van der Waals surface area contributed by atoms with Crippen molar-refractivity contribution in [3.8, 4) is 0 Å². The van der Waals surface area contributed by atoms with Gasteiger partial charge in [-0.2, -0.15) is 0 Å². The number of rotatable bonds is 13. The molecule has 0 amide bonds. The molecule has 1 saturated heterocycles. The van der Waals surface area contributed by atoms with Gasteiger partial charge in [0.25, 0.3) is 0 Å².